The van der Waals surface area contributed by atoms with Crippen LogP contribution in [0.25, 0.3) is 10.2 Å². The van der Waals surface area contributed by atoms with Crippen molar-refractivity contribution in [2.24, 2.45) is 0 Å². The average molecular weight is 515 g/mol. The van der Waals surface area contributed by atoms with Crippen LogP contribution in [0.5, 0.6) is 0 Å². The van der Waals surface area contributed by atoms with E-state index < -0.39 is 5.97 Å². The zero-order valence-corrected chi connectivity index (χ0v) is 21.2. The van der Waals surface area contributed by atoms with Crippen LogP contribution in [0.3, 0.4) is 0 Å². The molecule has 0 saturated carbocycles. The van der Waals surface area contributed by atoms with Gasteiger partial charge in [0, 0.05) is 11.6 Å². The van der Waals surface area contributed by atoms with Crippen molar-refractivity contribution in [3.05, 3.63) is 67.8 Å². The highest BCUT2D eigenvalue weighted by atomic mass is 32.2. The van der Waals surface area contributed by atoms with E-state index in [0.717, 1.165) is 22.5 Å². The first-order chi connectivity index (χ1) is 16.4. The summed E-state index contributed by atoms with van der Waals surface area (Å²) in [5, 5.41) is 5.83. The molecule has 0 bridgehead atoms. The lowest BCUT2D eigenvalue weighted by atomic mass is 10.1. The third kappa shape index (κ3) is 5.21. The first kappa shape index (κ1) is 24.1. The molecule has 0 radical (unpaired) electrons. The predicted molar refractivity (Wildman–Crippen MR) is 136 cm³/mol. The van der Waals surface area contributed by atoms with Crippen molar-refractivity contribution in [3.8, 4) is 0 Å². The van der Waals surface area contributed by atoms with Gasteiger partial charge in [0.05, 0.1) is 24.3 Å². The fourth-order valence-electron chi connectivity index (χ4n) is 3.29. The van der Waals surface area contributed by atoms with Crippen molar-refractivity contribution in [1.82, 2.24) is 14.5 Å². The van der Waals surface area contributed by atoms with Crippen molar-refractivity contribution >= 4 is 61.7 Å². The number of rotatable bonds is 8. The Bertz CT molecular complexity index is 1390. The average Bonchev–Trinajstić information content (AvgIpc) is 3.43. The maximum Gasteiger partial charge on any atom is 0.348 e. The molecule has 1 aromatic carbocycles. The molecule has 1 amide bonds. The fraction of sp³-hybridized carbons (Fsp3) is 0.261. The van der Waals surface area contributed by atoms with Crippen molar-refractivity contribution < 1.29 is 14.3 Å². The number of fused-ring (bicyclic) bond motifs is 1. The molecule has 0 aliphatic rings. The lowest BCUT2D eigenvalue weighted by Crippen LogP contribution is -2.25. The van der Waals surface area contributed by atoms with Gasteiger partial charge in [0.1, 0.15) is 9.71 Å². The molecule has 176 valence electrons. The third-order valence-corrected chi connectivity index (χ3v) is 7.78. The number of aromatic nitrogens is 3. The quantitative estimate of drug-likeness (QED) is 0.210. The van der Waals surface area contributed by atoms with Crippen molar-refractivity contribution in [2.75, 3.05) is 17.7 Å². The van der Waals surface area contributed by atoms with E-state index in [1.54, 1.807) is 30.0 Å². The summed E-state index contributed by atoms with van der Waals surface area (Å²) in [5.41, 5.74) is 2.36. The Hall–Kier alpha value is -3.02. The van der Waals surface area contributed by atoms with Gasteiger partial charge in [-0.05, 0) is 31.9 Å². The molecule has 4 rings (SSSR count). The summed E-state index contributed by atoms with van der Waals surface area (Å²) in [6.07, 6.45) is 1.61. The number of anilines is 1. The number of esters is 1. The standard InChI is InChI=1S/C23H22N4O4S3/c1-4-31-21(30)18-14(3)17-19(34-18)26-23(33-12-16(28)25-22-24-9-10-32-22)27(20(17)29)11-15-7-5-13(2)6-8-15/h5-10H,4,11-12H2,1-3H3,(H,24,25,28). The van der Waals surface area contributed by atoms with Gasteiger partial charge in [0.15, 0.2) is 10.3 Å². The number of hydrogen-bond acceptors (Lipinski definition) is 9. The highest BCUT2D eigenvalue weighted by molar-refractivity contribution is 7.99. The molecule has 3 heterocycles. The molecular weight excluding hydrogens is 492 g/mol. The van der Waals surface area contributed by atoms with Gasteiger partial charge in [-0.15, -0.1) is 22.7 Å². The van der Waals surface area contributed by atoms with E-state index in [2.05, 4.69) is 15.3 Å². The maximum atomic E-state index is 13.6. The third-order valence-electron chi connectivity index (χ3n) is 4.95. The normalized spacial score (nSPS) is 11.0. The van der Waals surface area contributed by atoms with Crippen LogP contribution in [0.4, 0.5) is 5.13 Å². The van der Waals surface area contributed by atoms with Crippen LogP contribution in [0.1, 0.15) is 33.3 Å². The van der Waals surface area contributed by atoms with E-state index in [1.165, 1.54) is 23.1 Å². The molecule has 0 spiro atoms. The van der Waals surface area contributed by atoms with Gasteiger partial charge < -0.3 is 10.1 Å². The number of nitrogens with zero attached hydrogens (tertiary/aromatic N) is 3. The smallest absolute Gasteiger partial charge is 0.348 e. The molecule has 8 nitrogen and oxygen atoms in total. The van der Waals surface area contributed by atoms with Gasteiger partial charge in [-0.2, -0.15) is 0 Å². The summed E-state index contributed by atoms with van der Waals surface area (Å²) in [6, 6.07) is 7.88. The Kier molecular flexibility index (Phi) is 7.44. The van der Waals surface area contributed by atoms with Gasteiger partial charge in [0.25, 0.3) is 5.56 Å². The number of nitrogens with one attached hydrogen (secondary N) is 1. The summed E-state index contributed by atoms with van der Waals surface area (Å²) in [6.45, 7) is 6.00. The highest BCUT2D eigenvalue weighted by Gasteiger charge is 2.23. The minimum Gasteiger partial charge on any atom is -0.462 e. The van der Waals surface area contributed by atoms with Gasteiger partial charge in [0.2, 0.25) is 5.91 Å². The van der Waals surface area contributed by atoms with E-state index in [1.807, 2.05) is 31.2 Å². The second kappa shape index (κ2) is 10.5. The molecule has 0 aliphatic carbocycles. The monoisotopic (exact) mass is 514 g/mol. The Morgan fingerprint density at radius 1 is 1.21 bits per heavy atom. The van der Waals surface area contributed by atoms with Crippen LogP contribution in [0, 0.1) is 13.8 Å². The molecule has 4 aromatic rings. The number of thioether (sulfide) groups is 1. The van der Waals surface area contributed by atoms with Crippen LogP contribution in [-0.2, 0) is 16.1 Å². The molecule has 0 fully saturated rings. The Labute approximate surface area is 208 Å². The number of ether oxygens (including phenoxy) is 1. The zero-order chi connectivity index (χ0) is 24.2. The number of hydrogen-bond donors (Lipinski definition) is 1. The lowest BCUT2D eigenvalue weighted by Gasteiger charge is -2.12. The van der Waals surface area contributed by atoms with Crippen LogP contribution >= 0.6 is 34.4 Å². The molecular formula is C23H22N4O4S3. The van der Waals surface area contributed by atoms with Crippen molar-refractivity contribution in [1.29, 1.82) is 0 Å². The molecule has 0 atom stereocenters. The van der Waals surface area contributed by atoms with E-state index in [0.29, 0.717) is 37.5 Å². The molecule has 0 unspecified atom stereocenters. The molecule has 0 aliphatic heterocycles. The second-order valence-corrected chi connectivity index (χ2v) is 10.2. The minimum absolute atomic E-state index is 0.0561. The number of thiophene rings is 1. The summed E-state index contributed by atoms with van der Waals surface area (Å²) in [4.78, 5) is 48.0. The van der Waals surface area contributed by atoms with E-state index in [-0.39, 0.29) is 23.8 Å². The molecule has 1 N–H and O–H groups in total. The number of carbonyl (C=O) groups excluding carboxylic acids is 2. The van der Waals surface area contributed by atoms with Crippen molar-refractivity contribution in [3.63, 3.8) is 0 Å². The number of aryl methyl sites for hydroxylation is 2. The van der Waals surface area contributed by atoms with Crippen LogP contribution in [0.2, 0.25) is 0 Å². The van der Waals surface area contributed by atoms with E-state index in [4.69, 9.17) is 4.74 Å². The Morgan fingerprint density at radius 3 is 2.65 bits per heavy atom. The fourth-order valence-corrected chi connectivity index (χ4v) is 5.75. The molecule has 0 saturated heterocycles. The van der Waals surface area contributed by atoms with Gasteiger partial charge >= 0.3 is 5.97 Å². The number of amides is 1. The minimum atomic E-state index is -0.468. The first-order valence-electron chi connectivity index (χ1n) is 10.5. The molecule has 34 heavy (non-hydrogen) atoms. The van der Waals surface area contributed by atoms with Crippen LogP contribution in [0.15, 0.2) is 45.8 Å². The van der Waals surface area contributed by atoms with Crippen LogP contribution < -0.4 is 10.9 Å². The number of benzene rings is 1. The van der Waals surface area contributed by atoms with E-state index in [9.17, 15) is 14.4 Å². The van der Waals surface area contributed by atoms with Crippen molar-refractivity contribution in [2.45, 2.75) is 32.5 Å². The second-order valence-electron chi connectivity index (χ2n) is 7.40. The SMILES string of the molecule is CCOC(=O)c1sc2nc(SCC(=O)Nc3nccs3)n(Cc3ccc(C)cc3)c(=O)c2c1C. The molecule has 11 heteroatoms. The van der Waals surface area contributed by atoms with Gasteiger partial charge in [-0.1, -0.05) is 41.6 Å². The summed E-state index contributed by atoms with van der Waals surface area (Å²) >= 11 is 3.63. The zero-order valence-electron chi connectivity index (χ0n) is 18.8. The predicted octanol–water partition coefficient (Wildman–Crippen LogP) is 4.49. The lowest BCUT2D eigenvalue weighted by molar-refractivity contribution is -0.113. The first-order valence-corrected chi connectivity index (χ1v) is 13.1. The Balaban J connectivity index is 1.72. The topological polar surface area (TPSA) is 103 Å². The summed E-state index contributed by atoms with van der Waals surface area (Å²) in [5.74, 6) is -0.657. The van der Waals surface area contributed by atoms with Crippen LogP contribution in [-0.4, -0.2) is 38.8 Å². The highest BCUT2D eigenvalue weighted by Crippen LogP contribution is 2.30. The summed E-state index contributed by atoms with van der Waals surface area (Å²) < 4.78 is 6.70. The largest absolute Gasteiger partial charge is 0.462 e. The maximum absolute atomic E-state index is 13.6. The summed E-state index contributed by atoms with van der Waals surface area (Å²) in [7, 11) is 0. The van der Waals surface area contributed by atoms with Gasteiger partial charge in [-0.3, -0.25) is 14.2 Å². The van der Waals surface area contributed by atoms with Gasteiger partial charge in [-0.25, -0.2) is 14.8 Å². The Morgan fingerprint density at radius 2 is 1.97 bits per heavy atom. The molecule has 3 aromatic heterocycles. The number of carbonyl (C=O) groups is 2. The number of thiazole rings is 1. The van der Waals surface area contributed by atoms with E-state index >= 15 is 0 Å².